The number of nitrogens with two attached hydrogens (primary N) is 1. The number of aryl methyl sites for hydroxylation is 2. The topological polar surface area (TPSA) is 120 Å². The van der Waals surface area contributed by atoms with Gasteiger partial charge in [0.25, 0.3) is 5.91 Å². The molecule has 4 rings (SSSR count). The number of amides is 1. The van der Waals surface area contributed by atoms with E-state index in [0.29, 0.717) is 22.6 Å². The number of carbonyl (C=O) groups is 2. The number of nitrogen functional groups attached to an aromatic ring is 1. The summed E-state index contributed by atoms with van der Waals surface area (Å²) in [4.78, 5) is 30.0. The Balaban J connectivity index is 1.66. The molecule has 1 amide bonds. The van der Waals surface area contributed by atoms with Gasteiger partial charge in [-0.25, -0.2) is 10.8 Å². The summed E-state index contributed by atoms with van der Waals surface area (Å²) >= 11 is 0. The number of aromatic nitrogens is 2. The quantitative estimate of drug-likeness (QED) is 0.199. The van der Waals surface area contributed by atoms with Crippen LogP contribution in [-0.2, 0) is 13.0 Å². The van der Waals surface area contributed by atoms with Gasteiger partial charge in [0.05, 0.1) is 22.3 Å². The highest BCUT2D eigenvalue weighted by molar-refractivity contribution is 6.16. The molecule has 0 fully saturated rings. The zero-order valence-corrected chi connectivity index (χ0v) is 17.7. The van der Waals surface area contributed by atoms with E-state index in [4.69, 9.17) is 15.1 Å². The summed E-state index contributed by atoms with van der Waals surface area (Å²) < 4.78 is 11.1. The molecule has 2 aromatic heterocycles. The molecule has 0 saturated carbocycles. The number of benzene rings is 2. The summed E-state index contributed by atoms with van der Waals surface area (Å²) in [6.45, 7) is 4.10. The van der Waals surface area contributed by atoms with Crippen LogP contribution in [0.1, 0.15) is 50.4 Å². The molecule has 0 unspecified atom stereocenters. The van der Waals surface area contributed by atoms with Gasteiger partial charge in [-0.05, 0) is 37.6 Å². The standard InChI is InChI=1S/C24H22N4O4/c1-3-20-19(14(2)32-28-20)13-31-17-9-6-8-16(11-17)23(29)18-12-15-7-4-5-10-21(15)26-22(18)24(30)27-25/h4-12H,3,13,25H2,1-2H3,(H,27,30). The molecule has 32 heavy (non-hydrogen) atoms. The molecule has 8 heteroatoms. The molecule has 8 nitrogen and oxygen atoms in total. The number of nitrogens with zero attached hydrogens (tertiary/aromatic N) is 2. The number of para-hydroxylation sites is 1. The van der Waals surface area contributed by atoms with Gasteiger partial charge in [0.15, 0.2) is 5.78 Å². The van der Waals surface area contributed by atoms with Crippen molar-refractivity contribution >= 4 is 22.6 Å². The highest BCUT2D eigenvalue weighted by Crippen LogP contribution is 2.23. The maximum Gasteiger partial charge on any atom is 0.284 e. The molecular weight excluding hydrogens is 408 g/mol. The normalized spacial score (nSPS) is 10.8. The molecule has 0 radical (unpaired) electrons. The van der Waals surface area contributed by atoms with Gasteiger partial charge < -0.3 is 9.26 Å². The molecule has 2 aromatic carbocycles. The molecule has 162 valence electrons. The van der Waals surface area contributed by atoms with E-state index in [2.05, 4.69) is 15.6 Å². The molecule has 0 saturated heterocycles. The molecule has 0 aliphatic heterocycles. The summed E-state index contributed by atoms with van der Waals surface area (Å²) in [5.41, 5.74) is 4.88. The number of ether oxygens (including phenoxy) is 1. The zero-order valence-electron chi connectivity index (χ0n) is 17.7. The van der Waals surface area contributed by atoms with Crippen LogP contribution in [0.5, 0.6) is 5.75 Å². The number of hydrogen-bond acceptors (Lipinski definition) is 7. The number of pyridine rings is 1. The van der Waals surface area contributed by atoms with Crippen molar-refractivity contribution in [2.75, 3.05) is 0 Å². The molecule has 0 atom stereocenters. The first kappa shape index (κ1) is 21.2. The third-order valence-corrected chi connectivity index (χ3v) is 5.20. The average Bonchev–Trinajstić information content (AvgIpc) is 3.20. The molecule has 0 bridgehead atoms. The van der Waals surface area contributed by atoms with Gasteiger partial charge in [0, 0.05) is 10.9 Å². The van der Waals surface area contributed by atoms with Crippen LogP contribution >= 0.6 is 0 Å². The van der Waals surface area contributed by atoms with Crippen LogP contribution in [-0.4, -0.2) is 21.8 Å². The minimum atomic E-state index is -0.637. The maximum atomic E-state index is 13.3. The predicted molar refractivity (Wildman–Crippen MR) is 118 cm³/mol. The first-order valence-corrected chi connectivity index (χ1v) is 10.1. The first-order valence-electron chi connectivity index (χ1n) is 10.1. The Kier molecular flexibility index (Phi) is 5.96. The Labute approximate surface area is 184 Å². The van der Waals surface area contributed by atoms with Crippen LogP contribution < -0.4 is 16.0 Å². The number of carbonyl (C=O) groups excluding carboxylic acids is 2. The summed E-state index contributed by atoms with van der Waals surface area (Å²) in [6, 6.07) is 15.7. The van der Waals surface area contributed by atoms with Gasteiger partial charge in [-0.2, -0.15) is 0 Å². The van der Waals surface area contributed by atoms with Crippen molar-refractivity contribution in [1.29, 1.82) is 0 Å². The van der Waals surface area contributed by atoms with Crippen LogP contribution in [0, 0.1) is 6.92 Å². The number of rotatable bonds is 7. The van der Waals surface area contributed by atoms with Gasteiger partial charge in [0.2, 0.25) is 0 Å². The zero-order chi connectivity index (χ0) is 22.7. The van der Waals surface area contributed by atoms with Crippen molar-refractivity contribution in [2.45, 2.75) is 26.9 Å². The van der Waals surface area contributed by atoms with E-state index in [1.165, 1.54) is 0 Å². The fourth-order valence-electron chi connectivity index (χ4n) is 3.47. The first-order chi connectivity index (χ1) is 15.5. The summed E-state index contributed by atoms with van der Waals surface area (Å²) in [6.07, 6.45) is 0.732. The smallest absolute Gasteiger partial charge is 0.284 e. The lowest BCUT2D eigenvalue weighted by Crippen LogP contribution is -2.32. The van der Waals surface area contributed by atoms with E-state index in [9.17, 15) is 9.59 Å². The summed E-state index contributed by atoms with van der Waals surface area (Å²) in [5, 5.41) is 4.77. The van der Waals surface area contributed by atoms with Crippen LogP contribution in [0.4, 0.5) is 0 Å². The Bertz CT molecular complexity index is 1310. The van der Waals surface area contributed by atoms with Gasteiger partial charge in [-0.15, -0.1) is 0 Å². The molecular formula is C24H22N4O4. The molecule has 0 aliphatic rings. The van der Waals surface area contributed by atoms with E-state index in [0.717, 1.165) is 23.1 Å². The van der Waals surface area contributed by atoms with Crippen molar-refractivity contribution in [3.63, 3.8) is 0 Å². The number of fused-ring (bicyclic) bond motifs is 1. The second-order valence-electron chi connectivity index (χ2n) is 7.21. The second-order valence-corrected chi connectivity index (χ2v) is 7.21. The van der Waals surface area contributed by atoms with Crippen molar-refractivity contribution < 1.29 is 18.8 Å². The van der Waals surface area contributed by atoms with E-state index in [1.807, 2.05) is 32.0 Å². The average molecular weight is 430 g/mol. The minimum absolute atomic E-state index is 0.0322. The third-order valence-electron chi connectivity index (χ3n) is 5.20. The third kappa shape index (κ3) is 4.08. The van der Waals surface area contributed by atoms with Gasteiger partial charge in [-0.3, -0.25) is 15.0 Å². The van der Waals surface area contributed by atoms with Crippen LogP contribution in [0.3, 0.4) is 0 Å². The summed E-state index contributed by atoms with van der Waals surface area (Å²) in [7, 11) is 0. The fourth-order valence-corrected chi connectivity index (χ4v) is 3.47. The lowest BCUT2D eigenvalue weighted by molar-refractivity contribution is 0.0937. The second kappa shape index (κ2) is 8.99. The SMILES string of the molecule is CCc1noc(C)c1COc1cccc(C(=O)c2cc3ccccc3nc2C(=O)NN)c1. The van der Waals surface area contributed by atoms with E-state index >= 15 is 0 Å². The summed E-state index contributed by atoms with van der Waals surface area (Å²) in [5.74, 6) is 5.54. The number of nitrogens with one attached hydrogen (secondary N) is 1. The molecule has 2 heterocycles. The van der Waals surface area contributed by atoms with Crippen molar-refractivity contribution in [3.05, 3.63) is 88.4 Å². The number of hydrazine groups is 1. The monoisotopic (exact) mass is 430 g/mol. The van der Waals surface area contributed by atoms with Crippen LogP contribution in [0.25, 0.3) is 10.9 Å². The van der Waals surface area contributed by atoms with Crippen molar-refractivity contribution in [3.8, 4) is 5.75 Å². The Hall–Kier alpha value is -4.04. The fraction of sp³-hybridized carbons (Fsp3) is 0.167. The number of ketones is 1. The number of hydrogen-bond donors (Lipinski definition) is 2. The van der Waals surface area contributed by atoms with E-state index in [1.54, 1.807) is 36.4 Å². The lowest BCUT2D eigenvalue weighted by Gasteiger charge is -2.11. The predicted octanol–water partition coefficient (Wildman–Crippen LogP) is 3.51. The Morgan fingerprint density at radius 3 is 2.72 bits per heavy atom. The Morgan fingerprint density at radius 1 is 1.12 bits per heavy atom. The van der Waals surface area contributed by atoms with Gasteiger partial charge in [-0.1, -0.05) is 42.4 Å². The highest BCUT2D eigenvalue weighted by Gasteiger charge is 2.21. The van der Waals surface area contributed by atoms with Crippen molar-refractivity contribution in [2.24, 2.45) is 5.84 Å². The van der Waals surface area contributed by atoms with Crippen LogP contribution in [0.2, 0.25) is 0 Å². The maximum absolute atomic E-state index is 13.3. The minimum Gasteiger partial charge on any atom is -0.489 e. The molecule has 0 aliphatic carbocycles. The highest BCUT2D eigenvalue weighted by atomic mass is 16.5. The van der Waals surface area contributed by atoms with E-state index in [-0.39, 0.29) is 23.6 Å². The Morgan fingerprint density at radius 2 is 1.94 bits per heavy atom. The van der Waals surface area contributed by atoms with Gasteiger partial charge in [0.1, 0.15) is 23.8 Å². The van der Waals surface area contributed by atoms with Crippen LogP contribution in [0.15, 0.2) is 59.1 Å². The van der Waals surface area contributed by atoms with E-state index < -0.39 is 5.91 Å². The molecule has 0 spiro atoms. The molecule has 3 N–H and O–H groups in total. The lowest BCUT2D eigenvalue weighted by atomic mass is 9.99. The largest absolute Gasteiger partial charge is 0.489 e. The van der Waals surface area contributed by atoms with Gasteiger partial charge >= 0.3 is 0 Å². The van der Waals surface area contributed by atoms with Crippen molar-refractivity contribution in [1.82, 2.24) is 15.6 Å². The molecule has 4 aromatic rings.